The molecule has 0 fully saturated rings. The SMILES string of the molecule is [Ba+2].[Ca+2].[O-]c1ccccc1.[O-]c1ccccc1.[O-]c1ccccc1.[O-]c1ccccc1. The Balaban J connectivity index is 0. The Labute approximate surface area is 247 Å². The summed E-state index contributed by atoms with van der Waals surface area (Å²) in [5.41, 5.74) is 0. The first-order chi connectivity index (χ1) is 13.6. The minimum atomic E-state index is 0. The number of benzene rings is 4. The first kappa shape index (κ1) is 31.1. The fourth-order valence-corrected chi connectivity index (χ4v) is 1.68. The van der Waals surface area contributed by atoms with Crippen LogP contribution in [0.3, 0.4) is 0 Å². The number of hydrogen-bond donors (Lipinski definition) is 0. The van der Waals surface area contributed by atoms with Crippen molar-refractivity contribution in [2.45, 2.75) is 0 Å². The van der Waals surface area contributed by atoms with E-state index in [-0.39, 0.29) is 110 Å². The van der Waals surface area contributed by atoms with E-state index >= 15 is 0 Å². The van der Waals surface area contributed by atoms with Gasteiger partial charge in [0.15, 0.2) is 0 Å². The van der Waals surface area contributed by atoms with Crippen LogP contribution in [-0.2, 0) is 0 Å². The molecule has 0 heterocycles. The molecule has 0 atom stereocenters. The van der Waals surface area contributed by atoms with Crippen molar-refractivity contribution in [1.29, 1.82) is 0 Å². The molecule has 4 nitrogen and oxygen atoms in total. The van der Waals surface area contributed by atoms with Gasteiger partial charge < -0.3 is 20.4 Å². The Hall–Kier alpha value is -1.09. The molecule has 0 aliphatic heterocycles. The summed E-state index contributed by atoms with van der Waals surface area (Å²) in [5, 5.41) is 41.1. The van der Waals surface area contributed by atoms with Crippen molar-refractivity contribution in [3.63, 3.8) is 0 Å². The predicted molar refractivity (Wildman–Crippen MR) is 115 cm³/mol. The summed E-state index contributed by atoms with van der Waals surface area (Å²) in [6, 6.07) is 33.3. The molecule has 0 N–H and O–H groups in total. The third-order valence-corrected chi connectivity index (χ3v) is 2.97. The number of rotatable bonds is 0. The summed E-state index contributed by atoms with van der Waals surface area (Å²) in [7, 11) is 0. The van der Waals surface area contributed by atoms with Crippen molar-refractivity contribution in [3.05, 3.63) is 121 Å². The fourth-order valence-electron chi connectivity index (χ4n) is 1.68. The van der Waals surface area contributed by atoms with Crippen LogP contribution >= 0.6 is 0 Å². The molecule has 4 rings (SSSR count). The van der Waals surface area contributed by atoms with Gasteiger partial charge in [-0.05, 0) is 0 Å². The van der Waals surface area contributed by atoms with E-state index in [0.717, 1.165) is 0 Å². The summed E-state index contributed by atoms with van der Waals surface area (Å²) < 4.78 is 0. The maximum absolute atomic E-state index is 10.3. The summed E-state index contributed by atoms with van der Waals surface area (Å²) in [5.74, 6) is 0.287. The van der Waals surface area contributed by atoms with Gasteiger partial charge in [0.25, 0.3) is 0 Å². The van der Waals surface area contributed by atoms with Crippen LogP contribution in [0.5, 0.6) is 23.0 Å². The summed E-state index contributed by atoms with van der Waals surface area (Å²) in [4.78, 5) is 0. The summed E-state index contributed by atoms with van der Waals surface area (Å²) >= 11 is 0. The van der Waals surface area contributed by atoms with E-state index < -0.39 is 0 Å². The van der Waals surface area contributed by atoms with Crippen LogP contribution in [0.15, 0.2) is 121 Å². The zero-order valence-electron chi connectivity index (χ0n) is 16.6. The molecule has 0 aliphatic carbocycles. The molecule has 0 aliphatic rings. The Morgan fingerprint density at radius 3 is 0.500 bits per heavy atom. The zero-order valence-corrected chi connectivity index (χ0v) is 23.2. The van der Waals surface area contributed by atoms with E-state index in [2.05, 4.69) is 0 Å². The molecule has 30 heavy (non-hydrogen) atoms. The normalized spacial score (nSPS) is 8.00. The van der Waals surface area contributed by atoms with Crippen LogP contribution in [0.2, 0.25) is 0 Å². The smallest absolute Gasteiger partial charge is 0.872 e. The fraction of sp³-hybridized carbons (Fsp3) is 0. The topological polar surface area (TPSA) is 92.2 Å². The molecule has 0 spiro atoms. The first-order valence-electron chi connectivity index (χ1n) is 8.46. The van der Waals surface area contributed by atoms with Gasteiger partial charge in [-0.15, -0.1) is 23.0 Å². The molecule has 0 aromatic heterocycles. The third-order valence-electron chi connectivity index (χ3n) is 2.97. The zero-order chi connectivity index (χ0) is 20.5. The summed E-state index contributed by atoms with van der Waals surface area (Å²) in [6.07, 6.45) is 0. The van der Waals surface area contributed by atoms with E-state index in [1.54, 1.807) is 48.5 Å². The van der Waals surface area contributed by atoms with Crippen LogP contribution in [0.4, 0.5) is 0 Å². The van der Waals surface area contributed by atoms with Crippen LogP contribution in [0.25, 0.3) is 0 Å². The molecular formula is C24H20BaCaO4. The molecule has 6 heteroatoms. The standard InChI is InChI=1S/4C6H6O.Ba.Ca/c4*7-6-4-2-1-3-5-6;;/h4*1-5,7H;;/q;;;;2*+2/p-4. The molecule has 0 unspecified atom stereocenters. The Bertz CT molecular complexity index is 699. The van der Waals surface area contributed by atoms with Gasteiger partial charge >= 0.3 is 86.6 Å². The quantitative estimate of drug-likeness (QED) is 0.315. The van der Waals surface area contributed by atoms with Crippen molar-refractivity contribution in [1.82, 2.24) is 0 Å². The Kier molecular flexibility index (Phi) is 21.9. The van der Waals surface area contributed by atoms with Crippen LogP contribution in [0.1, 0.15) is 0 Å². The minimum Gasteiger partial charge on any atom is -0.872 e. The van der Waals surface area contributed by atoms with Crippen molar-refractivity contribution in [2.24, 2.45) is 0 Å². The van der Waals surface area contributed by atoms with E-state index in [0.29, 0.717) is 0 Å². The molecule has 0 amide bonds. The van der Waals surface area contributed by atoms with Gasteiger partial charge in [-0.2, -0.15) is 0 Å². The van der Waals surface area contributed by atoms with Gasteiger partial charge in [0, 0.05) is 0 Å². The molecular weight excluding hydrogens is 530 g/mol. The van der Waals surface area contributed by atoms with Crippen molar-refractivity contribution < 1.29 is 20.4 Å². The number of hydrogen-bond acceptors (Lipinski definition) is 4. The average molecular weight is 550 g/mol. The van der Waals surface area contributed by atoms with Gasteiger partial charge in [0.1, 0.15) is 0 Å². The van der Waals surface area contributed by atoms with Crippen LogP contribution in [0, 0.1) is 0 Å². The molecule has 144 valence electrons. The monoisotopic (exact) mass is 550 g/mol. The van der Waals surface area contributed by atoms with Crippen molar-refractivity contribution in [2.75, 3.05) is 0 Å². The van der Waals surface area contributed by atoms with Gasteiger partial charge in [-0.1, -0.05) is 121 Å². The van der Waals surface area contributed by atoms with Crippen LogP contribution in [-0.4, -0.2) is 86.6 Å². The van der Waals surface area contributed by atoms with Gasteiger partial charge in [0.2, 0.25) is 0 Å². The molecule has 0 saturated heterocycles. The minimum absolute atomic E-state index is 0. The maximum atomic E-state index is 10.3. The molecule has 4 aromatic rings. The van der Waals surface area contributed by atoms with E-state index in [1.807, 2.05) is 24.3 Å². The second-order valence-electron chi connectivity index (χ2n) is 5.25. The maximum Gasteiger partial charge on any atom is 2.00 e. The second kappa shape index (κ2) is 21.2. The molecule has 0 saturated carbocycles. The number of para-hydroxylation sites is 4. The Morgan fingerprint density at radius 2 is 0.433 bits per heavy atom. The van der Waals surface area contributed by atoms with Crippen molar-refractivity contribution in [3.8, 4) is 23.0 Å². The van der Waals surface area contributed by atoms with Gasteiger partial charge in [-0.3, -0.25) is 0 Å². The third kappa shape index (κ3) is 18.9. The largest absolute Gasteiger partial charge is 2.00 e. The molecule has 4 aromatic carbocycles. The predicted octanol–water partition coefficient (Wildman–Crippen LogP) is 2.28. The van der Waals surface area contributed by atoms with Crippen LogP contribution < -0.4 is 20.4 Å². The summed E-state index contributed by atoms with van der Waals surface area (Å²) in [6.45, 7) is 0. The Morgan fingerprint density at radius 1 is 0.300 bits per heavy atom. The average Bonchev–Trinajstić information content (AvgIpc) is 2.72. The first-order valence-corrected chi connectivity index (χ1v) is 8.46. The second-order valence-corrected chi connectivity index (χ2v) is 5.25. The van der Waals surface area contributed by atoms with E-state index in [9.17, 15) is 20.4 Å². The molecule has 0 radical (unpaired) electrons. The van der Waals surface area contributed by atoms with E-state index in [4.69, 9.17) is 0 Å². The molecule has 0 bridgehead atoms. The van der Waals surface area contributed by atoms with Gasteiger partial charge in [0.05, 0.1) is 0 Å². The van der Waals surface area contributed by atoms with Gasteiger partial charge in [-0.25, -0.2) is 0 Å². The van der Waals surface area contributed by atoms with E-state index in [1.165, 1.54) is 48.5 Å². The van der Waals surface area contributed by atoms with Crippen molar-refractivity contribution >= 4 is 86.6 Å².